The fourth-order valence-corrected chi connectivity index (χ4v) is 2.10. The third-order valence-electron chi connectivity index (χ3n) is 2.74. The minimum Gasteiger partial charge on any atom is -0.422 e. The SMILES string of the molecule is Clc1cccc2nc(N3CCNCC3)oc12. The van der Waals surface area contributed by atoms with E-state index >= 15 is 0 Å². The van der Waals surface area contributed by atoms with E-state index in [1.54, 1.807) is 0 Å². The number of nitrogens with one attached hydrogen (secondary N) is 1. The molecule has 1 aromatic heterocycles. The Morgan fingerprint density at radius 2 is 2.12 bits per heavy atom. The van der Waals surface area contributed by atoms with Gasteiger partial charge in [-0.15, -0.1) is 0 Å². The molecule has 4 nitrogen and oxygen atoms in total. The molecule has 1 aliphatic rings. The lowest BCUT2D eigenvalue weighted by Crippen LogP contribution is -2.43. The summed E-state index contributed by atoms with van der Waals surface area (Å²) >= 11 is 6.04. The Balaban J connectivity index is 2.01. The Bertz CT molecular complexity index is 505. The second-order valence-electron chi connectivity index (χ2n) is 3.82. The molecule has 1 fully saturated rings. The molecule has 0 atom stereocenters. The van der Waals surface area contributed by atoms with Gasteiger partial charge in [0.25, 0.3) is 6.01 Å². The van der Waals surface area contributed by atoms with Crippen LogP contribution in [0.3, 0.4) is 0 Å². The fraction of sp³-hybridized carbons (Fsp3) is 0.364. The van der Waals surface area contributed by atoms with Crippen LogP contribution in [0, 0.1) is 0 Å². The summed E-state index contributed by atoms with van der Waals surface area (Å²) in [5.41, 5.74) is 1.50. The topological polar surface area (TPSA) is 41.3 Å². The van der Waals surface area contributed by atoms with Crippen LogP contribution in [0.15, 0.2) is 22.6 Å². The van der Waals surface area contributed by atoms with Crippen molar-refractivity contribution in [2.24, 2.45) is 0 Å². The summed E-state index contributed by atoms with van der Waals surface area (Å²) in [5.74, 6) is 0. The van der Waals surface area contributed by atoms with Crippen molar-refractivity contribution in [1.29, 1.82) is 0 Å². The molecule has 84 valence electrons. The zero-order valence-corrected chi connectivity index (χ0v) is 9.50. The summed E-state index contributed by atoms with van der Waals surface area (Å²) in [4.78, 5) is 6.58. The number of fused-ring (bicyclic) bond motifs is 1. The van der Waals surface area contributed by atoms with Crippen LogP contribution in [0.25, 0.3) is 11.1 Å². The molecule has 0 radical (unpaired) electrons. The summed E-state index contributed by atoms with van der Waals surface area (Å²) < 4.78 is 5.69. The van der Waals surface area contributed by atoms with Crippen LogP contribution in [0.1, 0.15) is 0 Å². The number of halogens is 1. The van der Waals surface area contributed by atoms with E-state index in [1.807, 2.05) is 18.2 Å². The first-order valence-corrected chi connectivity index (χ1v) is 5.73. The van der Waals surface area contributed by atoms with Crippen molar-refractivity contribution in [1.82, 2.24) is 10.3 Å². The van der Waals surface area contributed by atoms with Crippen molar-refractivity contribution in [3.8, 4) is 0 Å². The summed E-state index contributed by atoms with van der Waals surface area (Å²) in [6, 6.07) is 6.28. The Kier molecular flexibility index (Phi) is 2.46. The maximum Gasteiger partial charge on any atom is 0.298 e. The molecule has 5 heteroatoms. The summed E-state index contributed by atoms with van der Waals surface area (Å²) in [6.07, 6.45) is 0. The smallest absolute Gasteiger partial charge is 0.298 e. The maximum atomic E-state index is 6.04. The molecule has 16 heavy (non-hydrogen) atoms. The van der Waals surface area contributed by atoms with E-state index in [0.29, 0.717) is 16.6 Å². The Morgan fingerprint density at radius 1 is 1.31 bits per heavy atom. The fourth-order valence-electron chi connectivity index (χ4n) is 1.90. The first-order chi connectivity index (χ1) is 7.84. The van der Waals surface area contributed by atoms with Crippen molar-refractivity contribution < 1.29 is 4.42 Å². The minimum absolute atomic E-state index is 0.617. The molecule has 1 aromatic carbocycles. The predicted molar refractivity (Wildman–Crippen MR) is 64.1 cm³/mol. The van der Waals surface area contributed by atoms with Crippen molar-refractivity contribution in [3.63, 3.8) is 0 Å². The maximum absolute atomic E-state index is 6.04. The zero-order valence-electron chi connectivity index (χ0n) is 8.74. The molecule has 1 saturated heterocycles. The molecular formula is C11H12ClN3O. The standard InChI is InChI=1S/C11H12ClN3O/c12-8-2-1-3-9-10(8)16-11(14-9)15-6-4-13-5-7-15/h1-3,13H,4-7H2. The van der Waals surface area contributed by atoms with Crippen LogP contribution >= 0.6 is 11.6 Å². The van der Waals surface area contributed by atoms with Gasteiger partial charge in [-0.05, 0) is 12.1 Å². The highest BCUT2D eigenvalue weighted by molar-refractivity contribution is 6.34. The number of anilines is 1. The molecule has 0 spiro atoms. The zero-order chi connectivity index (χ0) is 11.0. The van der Waals surface area contributed by atoms with Gasteiger partial charge in [0.1, 0.15) is 5.52 Å². The first kappa shape index (κ1) is 9.93. The van der Waals surface area contributed by atoms with Crippen molar-refractivity contribution in [2.75, 3.05) is 31.1 Å². The highest BCUT2D eigenvalue weighted by atomic mass is 35.5. The van der Waals surface area contributed by atoms with Gasteiger partial charge in [-0.2, -0.15) is 4.98 Å². The second-order valence-corrected chi connectivity index (χ2v) is 4.23. The van der Waals surface area contributed by atoms with Gasteiger partial charge in [-0.25, -0.2) is 0 Å². The first-order valence-electron chi connectivity index (χ1n) is 5.35. The van der Waals surface area contributed by atoms with E-state index in [9.17, 15) is 0 Å². The third kappa shape index (κ3) is 1.64. The molecule has 2 aromatic rings. The van der Waals surface area contributed by atoms with E-state index < -0.39 is 0 Å². The van der Waals surface area contributed by atoms with Crippen LogP contribution in [0.4, 0.5) is 6.01 Å². The van der Waals surface area contributed by atoms with Gasteiger partial charge < -0.3 is 14.6 Å². The van der Waals surface area contributed by atoms with E-state index in [4.69, 9.17) is 16.0 Å². The van der Waals surface area contributed by atoms with Crippen molar-refractivity contribution in [2.45, 2.75) is 0 Å². The number of aromatic nitrogens is 1. The van der Waals surface area contributed by atoms with Gasteiger partial charge in [-0.3, -0.25) is 0 Å². The number of para-hydroxylation sites is 1. The van der Waals surface area contributed by atoms with Gasteiger partial charge in [-0.1, -0.05) is 17.7 Å². The average molecular weight is 238 g/mol. The van der Waals surface area contributed by atoms with Gasteiger partial charge in [0.05, 0.1) is 5.02 Å². The van der Waals surface area contributed by atoms with E-state index in [-0.39, 0.29) is 0 Å². The van der Waals surface area contributed by atoms with Crippen LogP contribution in [-0.4, -0.2) is 31.2 Å². The highest BCUT2D eigenvalue weighted by Gasteiger charge is 2.17. The molecule has 1 N–H and O–H groups in total. The van der Waals surface area contributed by atoms with Gasteiger partial charge >= 0.3 is 0 Å². The lowest BCUT2D eigenvalue weighted by molar-refractivity contribution is 0.517. The number of rotatable bonds is 1. The lowest BCUT2D eigenvalue weighted by atomic mass is 10.3. The van der Waals surface area contributed by atoms with E-state index in [2.05, 4.69) is 15.2 Å². The predicted octanol–water partition coefficient (Wildman–Crippen LogP) is 1.89. The molecule has 0 amide bonds. The van der Waals surface area contributed by atoms with Crippen LogP contribution in [0.5, 0.6) is 0 Å². The van der Waals surface area contributed by atoms with Gasteiger partial charge in [0, 0.05) is 26.2 Å². The number of piperazine rings is 1. The normalized spacial score (nSPS) is 16.9. The van der Waals surface area contributed by atoms with E-state index in [0.717, 1.165) is 31.7 Å². The van der Waals surface area contributed by atoms with Crippen LogP contribution in [0.2, 0.25) is 5.02 Å². The third-order valence-corrected chi connectivity index (χ3v) is 3.04. The molecule has 3 rings (SSSR count). The van der Waals surface area contributed by atoms with E-state index in [1.165, 1.54) is 0 Å². The van der Waals surface area contributed by atoms with Gasteiger partial charge in [0.2, 0.25) is 0 Å². The molecule has 2 heterocycles. The number of oxazole rings is 1. The van der Waals surface area contributed by atoms with Gasteiger partial charge in [0.15, 0.2) is 5.58 Å². The second kappa shape index (κ2) is 3.96. The van der Waals surface area contributed by atoms with Crippen LogP contribution < -0.4 is 10.2 Å². The largest absolute Gasteiger partial charge is 0.422 e. The quantitative estimate of drug-likeness (QED) is 0.823. The molecule has 0 saturated carbocycles. The van der Waals surface area contributed by atoms with Crippen molar-refractivity contribution in [3.05, 3.63) is 23.2 Å². The minimum atomic E-state index is 0.617. The summed E-state index contributed by atoms with van der Waals surface area (Å²) in [6.45, 7) is 3.77. The Morgan fingerprint density at radius 3 is 2.88 bits per heavy atom. The average Bonchev–Trinajstić information content (AvgIpc) is 2.76. The number of benzene rings is 1. The molecular weight excluding hydrogens is 226 g/mol. The Hall–Kier alpha value is -1.26. The molecule has 0 unspecified atom stereocenters. The number of hydrogen-bond acceptors (Lipinski definition) is 4. The number of nitrogens with zero attached hydrogens (tertiary/aromatic N) is 2. The van der Waals surface area contributed by atoms with Crippen LogP contribution in [-0.2, 0) is 0 Å². The molecule has 1 aliphatic heterocycles. The number of hydrogen-bond donors (Lipinski definition) is 1. The lowest BCUT2D eigenvalue weighted by Gasteiger charge is -2.25. The monoisotopic (exact) mass is 237 g/mol. The molecule has 0 aliphatic carbocycles. The van der Waals surface area contributed by atoms with Crippen molar-refractivity contribution >= 4 is 28.7 Å². The highest BCUT2D eigenvalue weighted by Crippen LogP contribution is 2.27. The summed E-state index contributed by atoms with van der Waals surface area (Å²) in [7, 11) is 0. The summed E-state index contributed by atoms with van der Waals surface area (Å²) in [5, 5.41) is 3.91. The Labute approximate surface area is 98.2 Å². The molecule has 0 bridgehead atoms.